The van der Waals surface area contributed by atoms with Gasteiger partial charge in [-0.15, -0.1) is 11.3 Å². The number of hydrogen-bond donors (Lipinski definition) is 1. The van der Waals surface area contributed by atoms with Gasteiger partial charge in [0.1, 0.15) is 5.54 Å². The molecule has 1 aromatic rings. The highest BCUT2D eigenvalue weighted by Crippen LogP contribution is 2.42. The molecule has 1 aliphatic carbocycles. The van der Waals surface area contributed by atoms with E-state index in [0.717, 1.165) is 28.2 Å². The minimum Gasteiger partial charge on any atom is -0.319 e. The number of aryl methyl sites for hydroxylation is 1. The molecule has 23 heavy (non-hydrogen) atoms. The van der Waals surface area contributed by atoms with Gasteiger partial charge in [-0.3, -0.25) is 9.69 Å². The number of amides is 3. The van der Waals surface area contributed by atoms with Crippen LogP contribution in [0.5, 0.6) is 0 Å². The molecule has 118 valence electrons. The van der Waals surface area contributed by atoms with Crippen LogP contribution in [-0.2, 0) is 16.8 Å². The van der Waals surface area contributed by atoms with E-state index < -0.39 is 17.5 Å². The molecule has 2 heterocycles. The van der Waals surface area contributed by atoms with Crippen molar-refractivity contribution in [3.05, 3.63) is 21.9 Å². The molecular formula is C16H16N4O2S. The fraction of sp³-hybridized carbons (Fsp3) is 0.500. The molecule has 1 saturated heterocycles. The SMILES string of the molecule is N#CCC[C@H](C#N)CN1C(=O)N[C@]2(CCCc3sccc32)C1=O. The van der Waals surface area contributed by atoms with Crippen LogP contribution in [0.1, 0.15) is 36.1 Å². The van der Waals surface area contributed by atoms with Crippen LogP contribution in [-0.4, -0.2) is 23.4 Å². The first kappa shape index (κ1) is 15.5. The van der Waals surface area contributed by atoms with E-state index in [2.05, 4.69) is 11.4 Å². The highest BCUT2D eigenvalue weighted by molar-refractivity contribution is 7.10. The smallest absolute Gasteiger partial charge is 0.319 e. The average molecular weight is 328 g/mol. The number of hydrogen-bond acceptors (Lipinski definition) is 5. The molecule has 3 amide bonds. The maximum atomic E-state index is 13.0. The Balaban J connectivity index is 1.85. The number of fused-ring (bicyclic) bond motifs is 2. The van der Waals surface area contributed by atoms with Crippen LogP contribution in [0, 0.1) is 28.6 Å². The second kappa shape index (κ2) is 6.02. The van der Waals surface area contributed by atoms with Crippen molar-refractivity contribution in [3.63, 3.8) is 0 Å². The van der Waals surface area contributed by atoms with E-state index in [0.29, 0.717) is 12.8 Å². The molecule has 0 aromatic carbocycles. The lowest BCUT2D eigenvalue weighted by Gasteiger charge is -2.31. The van der Waals surface area contributed by atoms with Gasteiger partial charge in [0.25, 0.3) is 5.91 Å². The molecule has 1 aliphatic heterocycles. The summed E-state index contributed by atoms with van der Waals surface area (Å²) in [6.45, 7) is 0.0457. The topological polar surface area (TPSA) is 97.0 Å². The first-order valence-electron chi connectivity index (χ1n) is 7.60. The number of thiophene rings is 1. The predicted octanol–water partition coefficient (Wildman–Crippen LogP) is 2.28. The molecule has 3 rings (SSSR count). The standard InChI is InChI=1S/C16H16N4O2S/c17-7-2-3-11(9-18)10-20-14(21)16(19-15(20)22)6-1-4-13-12(16)5-8-23-13/h5,8,11H,1-4,6,10H2,(H,19,22)/t11-,16+/m1/s1. The van der Waals surface area contributed by atoms with E-state index in [1.54, 1.807) is 11.3 Å². The Hall–Kier alpha value is -2.38. The summed E-state index contributed by atoms with van der Waals surface area (Å²) in [6.07, 6.45) is 2.97. The zero-order chi connectivity index (χ0) is 16.4. The van der Waals surface area contributed by atoms with Crippen molar-refractivity contribution in [2.75, 3.05) is 6.54 Å². The molecule has 2 aliphatic rings. The van der Waals surface area contributed by atoms with E-state index in [1.165, 1.54) is 0 Å². The molecule has 7 heteroatoms. The number of nitrogens with zero attached hydrogens (tertiary/aromatic N) is 3. The van der Waals surface area contributed by atoms with Gasteiger partial charge in [0, 0.05) is 23.4 Å². The van der Waals surface area contributed by atoms with E-state index in [1.807, 2.05) is 17.5 Å². The molecule has 1 spiro atoms. The summed E-state index contributed by atoms with van der Waals surface area (Å²) in [5.41, 5.74) is -0.0555. The third-order valence-electron chi connectivity index (χ3n) is 4.53. The number of carbonyl (C=O) groups excluding carboxylic acids is 2. The van der Waals surface area contributed by atoms with Crippen LogP contribution in [0.3, 0.4) is 0 Å². The van der Waals surface area contributed by atoms with Crippen LogP contribution in [0.15, 0.2) is 11.4 Å². The lowest BCUT2D eigenvalue weighted by Crippen LogP contribution is -2.46. The van der Waals surface area contributed by atoms with E-state index in [9.17, 15) is 14.9 Å². The largest absolute Gasteiger partial charge is 0.325 e. The van der Waals surface area contributed by atoms with Crippen LogP contribution in [0.4, 0.5) is 4.79 Å². The third kappa shape index (κ3) is 2.47. The summed E-state index contributed by atoms with van der Waals surface area (Å²) in [4.78, 5) is 27.6. The van der Waals surface area contributed by atoms with E-state index in [4.69, 9.17) is 5.26 Å². The molecule has 1 aromatic heterocycles. The monoisotopic (exact) mass is 328 g/mol. The van der Waals surface area contributed by atoms with Crippen LogP contribution < -0.4 is 5.32 Å². The number of rotatable bonds is 4. The average Bonchev–Trinajstić information content (AvgIpc) is 3.11. The fourth-order valence-corrected chi connectivity index (χ4v) is 4.36. The molecule has 2 atom stereocenters. The van der Waals surface area contributed by atoms with Gasteiger partial charge in [-0.1, -0.05) is 0 Å². The number of nitriles is 2. The van der Waals surface area contributed by atoms with Crippen molar-refractivity contribution in [1.29, 1.82) is 10.5 Å². The van der Waals surface area contributed by atoms with Gasteiger partial charge >= 0.3 is 6.03 Å². The second-order valence-corrected chi connectivity index (χ2v) is 6.89. The van der Waals surface area contributed by atoms with Crippen molar-refractivity contribution in [2.45, 2.75) is 37.6 Å². The minimum atomic E-state index is -0.958. The Bertz CT molecular complexity index is 729. The first-order valence-corrected chi connectivity index (χ1v) is 8.48. The number of carbonyl (C=O) groups is 2. The summed E-state index contributed by atoms with van der Waals surface area (Å²) < 4.78 is 0. The molecule has 0 radical (unpaired) electrons. The van der Waals surface area contributed by atoms with E-state index in [-0.39, 0.29) is 18.9 Å². The maximum Gasteiger partial charge on any atom is 0.325 e. The van der Waals surface area contributed by atoms with Gasteiger partial charge in [0.2, 0.25) is 0 Å². The first-order chi connectivity index (χ1) is 11.1. The van der Waals surface area contributed by atoms with Crippen LogP contribution >= 0.6 is 11.3 Å². The molecule has 1 fully saturated rings. The van der Waals surface area contributed by atoms with Crippen molar-refractivity contribution in [1.82, 2.24) is 10.2 Å². The Morgan fingerprint density at radius 1 is 1.43 bits per heavy atom. The molecule has 1 N–H and O–H groups in total. The highest BCUT2D eigenvalue weighted by atomic mass is 32.1. The Morgan fingerprint density at radius 3 is 3.00 bits per heavy atom. The van der Waals surface area contributed by atoms with Crippen LogP contribution in [0.25, 0.3) is 0 Å². The summed E-state index contributed by atoms with van der Waals surface area (Å²) in [7, 11) is 0. The van der Waals surface area contributed by atoms with Gasteiger partial charge in [-0.05, 0) is 37.1 Å². The number of imide groups is 1. The molecule has 0 saturated carbocycles. The fourth-order valence-electron chi connectivity index (χ4n) is 3.36. The van der Waals surface area contributed by atoms with Crippen molar-refractivity contribution in [2.24, 2.45) is 5.92 Å². The highest BCUT2D eigenvalue weighted by Gasteiger charge is 2.54. The maximum absolute atomic E-state index is 13.0. The van der Waals surface area contributed by atoms with Crippen molar-refractivity contribution < 1.29 is 9.59 Å². The molecule has 6 nitrogen and oxygen atoms in total. The van der Waals surface area contributed by atoms with Crippen molar-refractivity contribution >= 4 is 23.3 Å². The third-order valence-corrected chi connectivity index (χ3v) is 5.51. The summed E-state index contributed by atoms with van der Waals surface area (Å²) in [5.74, 6) is -0.774. The minimum absolute atomic E-state index is 0.0457. The van der Waals surface area contributed by atoms with Gasteiger partial charge in [0.15, 0.2) is 0 Å². The van der Waals surface area contributed by atoms with Crippen molar-refractivity contribution in [3.8, 4) is 12.1 Å². The zero-order valence-corrected chi connectivity index (χ0v) is 13.4. The van der Waals surface area contributed by atoms with Gasteiger partial charge < -0.3 is 5.32 Å². The quantitative estimate of drug-likeness (QED) is 0.857. The zero-order valence-electron chi connectivity index (χ0n) is 12.5. The predicted molar refractivity (Wildman–Crippen MR) is 83.1 cm³/mol. The van der Waals surface area contributed by atoms with Gasteiger partial charge in [-0.2, -0.15) is 10.5 Å². The molecular weight excluding hydrogens is 312 g/mol. The van der Waals surface area contributed by atoms with E-state index >= 15 is 0 Å². The number of urea groups is 1. The normalized spacial score (nSPS) is 24.0. The molecule has 0 unspecified atom stereocenters. The summed E-state index contributed by atoms with van der Waals surface area (Å²) in [6, 6.07) is 5.56. The Morgan fingerprint density at radius 2 is 2.26 bits per heavy atom. The summed E-state index contributed by atoms with van der Waals surface area (Å²) >= 11 is 1.61. The van der Waals surface area contributed by atoms with Gasteiger partial charge in [-0.25, -0.2) is 4.79 Å². The Kier molecular flexibility index (Phi) is 4.06. The summed E-state index contributed by atoms with van der Waals surface area (Å²) in [5, 5.41) is 22.6. The van der Waals surface area contributed by atoms with Gasteiger partial charge in [0.05, 0.1) is 18.1 Å². The van der Waals surface area contributed by atoms with Crippen LogP contribution in [0.2, 0.25) is 0 Å². The number of nitrogens with one attached hydrogen (secondary N) is 1. The Labute approximate surface area is 138 Å². The lowest BCUT2D eigenvalue weighted by molar-refractivity contribution is -0.132. The molecule has 0 bridgehead atoms. The second-order valence-electron chi connectivity index (χ2n) is 5.89. The lowest BCUT2D eigenvalue weighted by atomic mass is 9.80.